The van der Waals surface area contributed by atoms with Crippen LogP contribution in [0, 0.1) is 0 Å². The van der Waals surface area contributed by atoms with Gasteiger partial charge in [-0.3, -0.25) is 0 Å². The summed E-state index contributed by atoms with van der Waals surface area (Å²) in [6.07, 6.45) is 2.15. The van der Waals surface area contributed by atoms with E-state index in [4.69, 9.17) is 5.11 Å². The molecule has 1 aromatic rings. The highest BCUT2D eigenvalue weighted by molar-refractivity contribution is 7.87. The van der Waals surface area contributed by atoms with Crippen molar-refractivity contribution in [1.29, 1.82) is 0 Å². The Labute approximate surface area is 108 Å². The number of nitrogens with zero attached hydrogens (tertiary/aromatic N) is 1. The lowest BCUT2D eigenvalue weighted by atomic mass is 10.4. The monoisotopic (exact) mass is 291 g/mol. The van der Waals surface area contributed by atoms with Gasteiger partial charge in [0.1, 0.15) is 0 Å². The first-order chi connectivity index (χ1) is 8.46. The van der Waals surface area contributed by atoms with Crippen molar-refractivity contribution in [2.45, 2.75) is 25.3 Å². The van der Waals surface area contributed by atoms with Gasteiger partial charge in [-0.1, -0.05) is 0 Å². The summed E-state index contributed by atoms with van der Waals surface area (Å²) >= 11 is 1.21. The van der Waals surface area contributed by atoms with Gasteiger partial charge in [0.15, 0.2) is 5.69 Å². The predicted molar refractivity (Wildman–Crippen MR) is 65.9 cm³/mol. The summed E-state index contributed by atoms with van der Waals surface area (Å²) in [5.41, 5.74) is -0.00559. The summed E-state index contributed by atoms with van der Waals surface area (Å²) < 4.78 is 27.8. The second-order valence-electron chi connectivity index (χ2n) is 3.97. The molecule has 7 nitrogen and oxygen atoms in total. The smallest absolute Gasteiger partial charge is 0.355 e. The fourth-order valence-electron chi connectivity index (χ4n) is 1.28. The molecule has 0 saturated heterocycles. The summed E-state index contributed by atoms with van der Waals surface area (Å²) in [5.74, 6) is -1.08. The summed E-state index contributed by atoms with van der Waals surface area (Å²) in [5, 5.41) is 10.7. The van der Waals surface area contributed by atoms with E-state index >= 15 is 0 Å². The lowest BCUT2D eigenvalue weighted by molar-refractivity contribution is 0.0691. The SMILES string of the molecule is O=C(O)c1csc(CCNS(=O)(=O)NC2CC2)n1. The van der Waals surface area contributed by atoms with Gasteiger partial charge in [0.25, 0.3) is 10.2 Å². The molecule has 1 fully saturated rings. The molecule has 2 rings (SSSR count). The first kappa shape index (κ1) is 13.4. The molecule has 0 aliphatic heterocycles. The summed E-state index contributed by atoms with van der Waals surface area (Å²) in [4.78, 5) is 14.5. The molecule has 1 heterocycles. The Bertz CT molecular complexity index is 536. The van der Waals surface area contributed by atoms with Gasteiger partial charge in [-0.2, -0.15) is 13.1 Å². The zero-order valence-corrected chi connectivity index (χ0v) is 11.1. The van der Waals surface area contributed by atoms with Gasteiger partial charge in [-0.25, -0.2) is 14.5 Å². The van der Waals surface area contributed by atoms with Crippen LogP contribution in [-0.2, 0) is 16.6 Å². The normalized spacial score (nSPS) is 15.8. The van der Waals surface area contributed by atoms with Crippen LogP contribution in [0.4, 0.5) is 0 Å². The molecule has 0 atom stereocenters. The predicted octanol–water partition coefficient (Wildman–Crippen LogP) is -0.0298. The third kappa shape index (κ3) is 4.02. The van der Waals surface area contributed by atoms with E-state index in [1.807, 2.05) is 0 Å². The van der Waals surface area contributed by atoms with E-state index in [2.05, 4.69) is 14.4 Å². The van der Waals surface area contributed by atoms with E-state index in [1.54, 1.807) is 0 Å². The van der Waals surface area contributed by atoms with E-state index in [0.29, 0.717) is 11.4 Å². The molecular formula is C9H13N3O4S2. The lowest BCUT2D eigenvalue weighted by Gasteiger charge is -2.05. The zero-order valence-electron chi connectivity index (χ0n) is 9.42. The number of carboxylic acid groups (broad SMARTS) is 1. The van der Waals surface area contributed by atoms with Crippen LogP contribution in [0.2, 0.25) is 0 Å². The zero-order chi connectivity index (χ0) is 13.2. The Balaban J connectivity index is 1.78. The molecule has 1 saturated carbocycles. The van der Waals surface area contributed by atoms with Gasteiger partial charge < -0.3 is 5.11 Å². The maximum absolute atomic E-state index is 11.5. The highest BCUT2D eigenvalue weighted by Gasteiger charge is 2.26. The number of carboxylic acids is 1. The molecule has 1 aromatic heterocycles. The van der Waals surface area contributed by atoms with Gasteiger partial charge in [0.2, 0.25) is 0 Å². The fraction of sp³-hybridized carbons (Fsp3) is 0.556. The molecule has 100 valence electrons. The molecule has 0 aromatic carbocycles. The summed E-state index contributed by atoms with van der Waals surface area (Å²) in [7, 11) is -3.44. The average Bonchev–Trinajstić information content (AvgIpc) is 2.93. The van der Waals surface area contributed by atoms with E-state index in [-0.39, 0.29) is 18.3 Å². The number of nitrogens with one attached hydrogen (secondary N) is 2. The second kappa shape index (κ2) is 5.31. The molecule has 0 bridgehead atoms. The first-order valence-electron chi connectivity index (χ1n) is 5.41. The van der Waals surface area contributed by atoms with Crippen LogP contribution in [0.15, 0.2) is 5.38 Å². The third-order valence-corrected chi connectivity index (χ3v) is 4.44. The van der Waals surface area contributed by atoms with Crippen molar-refractivity contribution >= 4 is 27.5 Å². The standard InChI is InChI=1S/C9H13N3O4S2/c13-9(14)7-5-17-8(11-7)3-4-10-18(15,16)12-6-1-2-6/h5-6,10,12H,1-4H2,(H,13,14). The third-order valence-electron chi connectivity index (χ3n) is 2.30. The minimum atomic E-state index is -3.44. The van der Waals surface area contributed by atoms with Gasteiger partial charge in [-0.05, 0) is 12.8 Å². The van der Waals surface area contributed by atoms with Crippen LogP contribution in [0.25, 0.3) is 0 Å². The lowest BCUT2D eigenvalue weighted by Crippen LogP contribution is -2.38. The van der Waals surface area contributed by atoms with Gasteiger partial charge in [0.05, 0.1) is 5.01 Å². The van der Waals surface area contributed by atoms with Crippen molar-refractivity contribution in [3.05, 3.63) is 16.1 Å². The summed E-state index contributed by atoms with van der Waals surface area (Å²) in [6, 6.07) is 0.0703. The van der Waals surface area contributed by atoms with Crippen molar-refractivity contribution in [2.75, 3.05) is 6.54 Å². The average molecular weight is 291 g/mol. The van der Waals surface area contributed by atoms with E-state index in [9.17, 15) is 13.2 Å². The van der Waals surface area contributed by atoms with E-state index in [1.165, 1.54) is 16.7 Å². The van der Waals surface area contributed by atoms with Gasteiger partial charge in [-0.15, -0.1) is 11.3 Å². The quantitative estimate of drug-likeness (QED) is 0.654. The van der Waals surface area contributed by atoms with Gasteiger partial charge in [0, 0.05) is 24.4 Å². The van der Waals surface area contributed by atoms with Crippen LogP contribution < -0.4 is 9.44 Å². The molecule has 0 spiro atoms. The number of thiazole rings is 1. The molecule has 18 heavy (non-hydrogen) atoms. The van der Waals surface area contributed by atoms with Crippen LogP contribution >= 0.6 is 11.3 Å². The number of aromatic carboxylic acids is 1. The molecule has 9 heteroatoms. The van der Waals surface area contributed by atoms with Crippen LogP contribution in [-0.4, -0.2) is 37.1 Å². The highest BCUT2D eigenvalue weighted by atomic mass is 32.2. The Kier molecular flexibility index (Phi) is 3.95. The minimum absolute atomic E-state index is 0.00559. The number of hydrogen-bond donors (Lipinski definition) is 3. The van der Waals surface area contributed by atoms with Crippen LogP contribution in [0.1, 0.15) is 28.3 Å². The molecular weight excluding hydrogens is 278 g/mol. The van der Waals surface area contributed by atoms with Gasteiger partial charge >= 0.3 is 5.97 Å². The largest absolute Gasteiger partial charge is 0.476 e. The van der Waals surface area contributed by atoms with Crippen LogP contribution in [0.5, 0.6) is 0 Å². The topological polar surface area (TPSA) is 108 Å². The number of aromatic nitrogens is 1. The molecule has 0 radical (unpaired) electrons. The number of rotatable bonds is 7. The second-order valence-corrected chi connectivity index (χ2v) is 6.45. The van der Waals surface area contributed by atoms with Crippen molar-refractivity contribution in [3.63, 3.8) is 0 Å². The van der Waals surface area contributed by atoms with E-state index < -0.39 is 16.2 Å². The fourth-order valence-corrected chi connectivity index (χ4v) is 3.18. The Morgan fingerprint density at radius 1 is 1.56 bits per heavy atom. The van der Waals surface area contributed by atoms with Crippen LogP contribution in [0.3, 0.4) is 0 Å². The first-order valence-corrected chi connectivity index (χ1v) is 7.77. The van der Waals surface area contributed by atoms with Crippen molar-refractivity contribution in [2.24, 2.45) is 0 Å². The molecule has 0 unspecified atom stereocenters. The van der Waals surface area contributed by atoms with Crippen molar-refractivity contribution in [1.82, 2.24) is 14.4 Å². The minimum Gasteiger partial charge on any atom is -0.476 e. The molecule has 1 aliphatic carbocycles. The highest BCUT2D eigenvalue weighted by Crippen LogP contribution is 2.19. The Morgan fingerprint density at radius 3 is 2.83 bits per heavy atom. The van der Waals surface area contributed by atoms with Crippen molar-refractivity contribution < 1.29 is 18.3 Å². The van der Waals surface area contributed by atoms with Crippen molar-refractivity contribution in [3.8, 4) is 0 Å². The molecule has 3 N–H and O–H groups in total. The number of carbonyl (C=O) groups is 1. The Hall–Kier alpha value is -1.03. The summed E-state index contributed by atoms with van der Waals surface area (Å²) in [6.45, 7) is 0.203. The van der Waals surface area contributed by atoms with E-state index in [0.717, 1.165) is 12.8 Å². The molecule has 0 amide bonds. The Morgan fingerprint density at radius 2 is 2.28 bits per heavy atom. The maximum Gasteiger partial charge on any atom is 0.355 e. The molecule has 1 aliphatic rings. The number of hydrogen-bond acceptors (Lipinski definition) is 5. The maximum atomic E-state index is 11.5.